The van der Waals surface area contributed by atoms with Gasteiger partial charge < -0.3 is 0 Å². The van der Waals surface area contributed by atoms with E-state index in [2.05, 4.69) is 29.6 Å². The first kappa shape index (κ1) is 17.8. The van der Waals surface area contributed by atoms with E-state index in [0.29, 0.717) is 12.1 Å². The first-order valence-corrected chi connectivity index (χ1v) is 9.63. The second kappa shape index (κ2) is 7.45. The Morgan fingerprint density at radius 3 is 2.79 bits per heavy atom. The van der Waals surface area contributed by atoms with Gasteiger partial charge in [-0.2, -0.15) is 5.10 Å². The normalized spacial score (nSPS) is 25.0. The Bertz CT molecular complexity index is 642. The highest BCUT2D eigenvalue weighted by Gasteiger charge is 2.61. The number of hydrogen-bond donors (Lipinski definition) is 1. The zero-order valence-corrected chi connectivity index (χ0v) is 15.5. The summed E-state index contributed by atoms with van der Waals surface area (Å²) in [7, 11) is 0. The molecule has 0 saturated heterocycles. The highest BCUT2D eigenvalue weighted by atomic mass is 35.5. The van der Waals surface area contributed by atoms with Gasteiger partial charge in [0.1, 0.15) is 0 Å². The number of rotatable bonds is 7. The van der Waals surface area contributed by atoms with Gasteiger partial charge in [0.25, 0.3) is 0 Å². The number of carbonyl (C=O) groups is 1. The molecule has 0 aliphatic heterocycles. The van der Waals surface area contributed by atoms with Crippen molar-refractivity contribution < 1.29 is 4.79 Å². The number of alkyl halides is 2. The van der Waals surface area contributed by atoms with E-state index >= 15 is 0 Å². The van der Waals surface area contributed by atoms with E-state index in [1.54, 1.807) is 0 Å². The SMILES string of the molecule is CCCCCCCC(=O)N/N=C1/C2c3ccccc3CC2C1(Cl)Cl. The van der Waals surface area contributed by atoms with Crippen LogP contribution in [0.1, 0.15) is 62.5 Å². The third-order valence-corrected chi connectivity index (χ3v) is 6.09. The summed E-state index contributed by atoms with van der Waals surface area (Å²) < 4.78 is -0.974. The molecule has 1 saturated carbocycles. The number of unbranched alkanes of at least 4 members (excludes halogenated alkanes) is 4. The van der Waals surface area contributed by atoms with Gasteiger partial charge in [-0.3, -0.25) is 4.79 Å². The van der Waals surface area contributed by atoms with Crippen LogP contribution < -0.4 is 5.43 Å². The fourth-order valence-electron chi connectivity index (χ4n) is 3.78. The van der Waals surface area contributed by atoms with Crippen molar-refractivity contribution in [1.82, 2.24) is 5.43 Å². The molecule has 130 valence electrons. The number of carbonyl (C=O) groups excluding carboxylic acids is 1. The lowest BCUT2D eigenvalue weighted by Crippen LogP contribution is -2.54. The molecule has 0 bridgehead atoms. The second-order valence-corrected chi connectivity index (χ2v) is 8.19. The average molecular weight is 367 g/mol. The van der Waals surface area contributed by atoms with E-state index in [-0.39, 0.29) is 17.7 Å². The van der Waals surface area contributed by atoms with Crippen LogP contribution in [-0.2, 0) is 11.2 Å². The molecule has 0 heterocycles. The Morgan fingerprint density at radius 2 is 2.00 bits per heavy atom. The molecular weight excluding hydrogens is 343 g/mol. The van der Waals surface area contributed by atoms with E-state index in [9.17, 15) is 4.79 Å². The quantitative estimate of drug-likeness (QED) is 0.413. The van der Waals surface area contributed by atoms with Crippen LogP contribution >= 0.6 is 23.2 Å². The molecule has 2 aliphatic carbocycles. The molecule has 1 fully saturated rings. The Labute approximate surface area is 153 Å². The van der Waals surface area contributed by atoms with Crippen LogP contribution in [0.4, 0.5) is 0 Å². The van der Waals surface area contributed by atoms with Gasteiger partial charge in [0.15, 0.2) is 4.33 Å². The van der Waals surface area contributed by atoms with E-state index in [4.69, 9.17) is 23.2 Å². The summed E-state index contributed by atoms with van der Waals surface area (Å²) in [6.07, 6.45) is 6.99. The number of hydrogen-bond acceptors (Lipinski definition) is 2. The lowest BCUT2D eigenvalue weighted by atomic mass is 9.71. The van der Waals surface area contributed by atoms with Gasteiger partial charge in [-0.25, -0.2) is 5.43 Å². The number of amides is 1. The van der Waals surface area contributed by atoms with Gasteiger partial charge in [0, 0.05) is 18.3 Å². The third-order valence-electron chi connectivity index (χ3n) is 5.14. The smallest absolute Gasteiger partial charge is 0.240 e. The minimum atomic E-state index is -0.974. The molecule has 0 radical (unpaired) electrons. The predicted octanol–water partition coefficient (Wildman–Crippen LogP) is 4.96. The van der Waals surface area contributed by atoms with Gasteiger partial charge in [0.05, 0.1) is 5.71 Å². The summed E-state index contributed by atoms with van der Waals surface area (Å²) in [6.45, 7) is 2.18. The van der Waals surface area contributed by atoms with Gasteiger partial charge in [0.2, 0.25) is 5.91 Å². The number of fused-ring (bicyclic) bond motifs is 3. The van der Waals surface area contributed by atoms with Crippen molar-refractivity contribution in [1.29, 1.82) is 0 Å². The van der Waals surface area contributed by atoms with Crippen LogP contribution in [0.2, 0.25) is 0 Å². The van der Waals surface area contributed by atoms with E-state index < -0.39 is 4.33 Å². The molecule has 3 nitrogen and oxygen atoms in total. The Kier molecular flexibility index (Phi) is 5.51. The van der Waals surface area contributed by atoms with Crippen LogP contribution in [-0.4, -0.2) is 16.0 Å². The lowest BCUT2D eigenvalue weighted by molar-refractivity contribution is -0.121. The van der Waals surface area contributed by atoms with E-state index in [1.807, 2.05) is 12.1 Å². The van der Waals surface area contributed by atoms with Crippen molar-refractivity contribution >= 4 is 34.8 Å². The van der Waals surface area contributed by atoms with Crippen molar-refractivity contribution in [2.75, 3.05) is 0 Å². The standard InChI is InChI=1S/C19H24Cl2N2O/c1-2-3-4-5-6-11-16(24)22-23-18-17-14-10-8-7-9-13(14)12-15(17)19(18,20)21/h7-10,15,17H,2-6,11-12H2,1H3,(H,22,24)/b23-18-. The molecule has 0 aromatic heterocycles. The highest BCUT2D eigenvalue weighted by molar-refractivity contribution is 6.62. The summed E-state index contributed by atoms with van der Waals surface area (Å²) in [6, 6.07) is 8.28. The zero-order valence-electron chi connectivity index (χ0n) is 14.0. The monoisotopic (exact) mass is 366 g/mol. The Hall–Kier alpha value is -1.06. The van der Waals surface area contributed by atoms with Crippen LogP contribution in [0.5, 0.6) is 0 Å². The topological polar surface area (TPSA) is 41.5 Å². The van der Waals surface area contributed by atoms with E-state index in [1.165, 1.54) is 30.4 Å². The Morgan fingerprint density at radius 1 is 1.25 bits per heavy atom. The minimum absolute atomic E-state index is 0.0575. The molecule has 1 aromatic rings. The molecule has 1 amide bonds. The molecule has 2 unspecified atom stereocenters. The van der Waals surface area contributed by atoms with Crippen LogP contribution in [0.15, 0.2) is 29.4 Å². The van der Waals surface area contributed by atoms with Gasteiger partial charge in [-0.1, -0.05) is 80.1 Å². The van der Waals surface area contributed by atoms with Crippen molar-refractivity contribution in [3.05, 3.63) is 35.4 Å². The maximum atomic E-state index is 12.0. The molecule has 3 rings (SSSR count). The highest BCUT2D eigenvalue weighted by Crippen LogP contribution is 2.59. The van der Waals surface area contributed by atoms with E-state index in [0.717, 1.165) is 19.3 Å². The molecule has 24 heavy (non-hydrogen) atoms. The lowest BCUT2D eigenvalue weighted by Gasteiger charge is -2.45. The summed E-state index contributed by atoms with van der Waals surface area (Å²) in [4.78, 5) is 12.0. The number of benzene rings is 1. The maximum absolute atomic E-state index is 12.0. The minimum Gasteiger partial charge on any atom is -0.273 e. The number of hydrazone groups is 1. The maximum Gasteiger partial charge on any atom is 0.240 e. The first-order chi connectivity index (χ1) is 11.6. The first-order valence-electron chi connectivity index (χ1n) is 8.88. The van der Waals surface area contributed by atoms with Crippen LogP contribution in [0.3, 0.4) is 0 Å². The zero-order chi connectivity index (χ0) is 17.2. The number of nitrogens with one attached hydrogen (secondary N) is 1. The Balaban J connectivity index is 1.58. The van der Waals surface area contributed by atoms with Crippen molar-refractivity contribution in [2.24, 2.45) is 11.0 Å². The number of halogens is 2. The molecule has 1 aromatic carbocycles. The summed E-state index contributed by atoms with van der Waals surface area (Å²) in [5.74, 6) is 0.238. The van der Waals surface area contributed by atoms with Crippen LogP contribution in [0, 0.1) is 5.92 Å². The van der Waals surface area contributed by atoms with Crippen LogP contribution in [0.25, 0.3) is 0 Å². The van der Waals surface area contributed by atoms with Crippen molar-refractivity contribution in [3.8, 4) is 0 Å². The average Bonchev–Trinajstić information content (AvgIpc) is 2.92. The fourth-order valence-corrected chi connectivity index (χ4v) is 4.51. The van der Waals surface area contributed by atoms with Gasteiger partial charge in [-0.15, -0.1) is 0 Å². The van der Waals surface area contributed by atoms with Gasteiger partial charge in [-0.05, 0) is 24.0 Å². The summed E-state index contributed by atoms with van der Waals surface area (Å²) >= 11 is 13.0. The molecule has 2 atom stereocenters. The molecule has 5 heteroatoms. The summed E-state index contributed by atoms with van der Waals surface area (Å²) in [5.41, 5.74) is 5.86. The largest absolute Gasteiger partial charge is 0.273 e. The molecule has 0 spiro atoms. The molecule has 2 aliphatic rings. The second-order valence-electron chi connectivity index (χ2n) is 6.81. The van der Waals surface area contributed by atoms with Crippen molar-refractivity contribution in [2.45, 2.75) is 62.1 Å². The number of nitrogens with zero attached hydrogens (tertiary/aromatic N) is 1. The predicted molar refractivity (Wildman–Crippen MR) is 99.8 cm³/mol. The molecular formula is C19H24Cl2N2O. The third kappa shape index (κ3) is 3.34. The van der Waals surface area contributed by atoms with Crippen molar-refractivity contribution in [3.63, 3.8) is 0 Å². The summed E-state index contributed by atoms with van der Waals surface area (Å²) in [5, 5.41) is 4.29. The molecule has 1 N–H and O–H groups in total. The fraction of sp³-hybridized carbons (Fsp3) is 0.579. The van der Waals surface area contributed by atoms with Gasteiger partial charge >= 0.3 is 0 Å².